The van der Waals surface area contributed by atoms with Crippen molar-refractivity contribution in [1.82, 2.24) is 0 Å². The molecule has 2 aromatic rings. The summed E-state index contributed by atoms with van der Waals surface area (Å²) in [6.45, 7) is 11.7. The van der Waals surface area contributed by atoms with Gasteiger partial charge in [0.1, 0.15) is 5.54 Å². The van der Waals surface area contributed by atoms with Crippen LogP contribution in [0.5, 0.6) is 5.75 Å². The second kappa shape index (κ2) is 11.2. The van der Waals surface area contributed by atoms with Crippen LogP contribution in [0, 0.1) is 25.6 Å². The Hall–Kier alpha value is -2.64. The predicted molar refractivity (Wildman–Crippen MR) is 131 cm³/mol. The molecule has 1 aliphatic rings. The molecule has 0 aliphatic carbocycles. The number of aliphatic carboxylic acids is 1. The molecule has 1 heterocycles. The van der Waals surface area contributed by atoms with Crippen molar-refractivity contribution in [1.29, 1.82) is 0 Å². The van der Waals surface area contributed by atoms with E-state index < -0.39 is 17.3 Å². The number of carboxylic acids is 1. The first-order valence-corrected chi connectivity index (χ1v) is 11.9. The molecule has 34 heavy (non-hydrogen) atoms. The molecule has 2 aromatic carbocycles. The highest BCUT2D eigenvalue weighted by atomic mass is 19.1. The fraction of sp³-hybridized carbons (Fsp3) is 0.519. The van der Waals surface area contributed by atoms with Crippen LogP contribution in [-0.4, -0.2) is 43.0 Å². The Balaban J connectivity index is 2.05. The van der Waals surface area contributed by atoms with E-state index in [0.29, 0.717) is 62.0 Å². The summed E-state index contributed by atoms with van der Waals surface area (Å²) >= 11 is 0. The largest absolute Gasteiger partial charge is 0.490 e. The molecule has 2 N–H and O–H groups in total. The normalized spacial score (nSPS) is 15.4. The molecule has 0 aromatic heterocycles. The third-order valence-corrected chi connectivity index (χ3v) is 6.26. The van der Waals surface area contributed by atoms with Crippen molar-refractivity contribution in [2.45, 2.75) is 59.6 Å². The number of hydrogen-bond acceptors (Lipinski definition) is 5. The minimum Gasteiger partial charge on any atom is -0.490 e. The van der Waals surface area contributed by atoms with Crippen LogP contribution in [0.2, 0.25) is 0 Å². The zero-order valence-electron chi connectivity index (χ0n) is 20.8. The Morgan fingerprint density at radius 3 is 2.53 bits per heavy atom. The number of ether oxygens (including phenoxy) is 3. The van der Waals surface area contributed by atoms with Gasteiger partial charge >= 0.3 is 5.97 Å². The number of carbonyl (C=O) groups is 1. The Morgan fingerprint density at radius 1 is 1.21 bits per heavy atom. The molecule has 0 bridgehead atoms. The first-order valence-electron chi connectivity index (χ1n) is 11.9. The first kappa shape index (κ1) is 26.0. The van der Waals surface area contributed by atoms with Crippen molar-refractivity contribution in [3.63, 3.8) is 0 Å². The molecular formula is C27H36FNO5. The number of carboxylic acid groups (broad SMARTS) is 1. The summed E-state index contributed by atoms with van der Waals surface area (Å²) < 4.78 is 32.5. The summed E-state index contributed by atoms with van der Waals surface area (Å²) in [4.78, 5) is 12.1. The fourth-order valence-electron chi connectivity index (χ4n) is 4.21. The number of halogens is 1. The number of anilines is 1. The zero-order chi connectivity index (χ0) is 24.9. The summed E-state index contributed by atoms with van der Waals surface area (Å²) in [6, 6.07) is 7.33. The smallest absolute Gasteiger partial charge is 0.329 e. The molecule has 0 radical (unpaired) electrons. The van der Waals surface area contributed by atoms with E-state index in [1.54, 1.807) is 6.07 Å². The monoisotopic (exact) mass is 473 g/mol. The number of benzene rings is 2. The fourth-order valence-corrected chi connectivity index (χ4v) is 4.21. The van der Waals surface area contributed by atoms with Gasteiger partial charge in [-0.25, -0.2) is 9.18 Å². The second-order valence-electron chi connectivity index (χ2n) is 9.35. The predicted octanol–water partition coefficient (Wildman–Crippen LogP) is 5.73. The molecule has 186 valence electrons. The first-order chi connectivity index (χ1) is 16.2. The van der Waals surface area contributed by atoms with E-state index in [1.165, 1.54) is 0 Å². The molecule has 1 fully saturated rings. The van der Waals surface area contributed by atoms with Crippen molar-refractivity contribution in [3.8, 4) is 16.9 Å². The third-order valence-electron chi connectivity index (χ3n) is 6.26. The summed E-state index contributed by atoms with van der Waals surface area (Å²) in [5.41, 5.74) is 3.20. The molecular weight excluding hydrogens is 437 g/mol. The van der Waals surface area contributed by atoms with Crippen LogP contribution in [0.3, 0.4) is 0 Å². The van der Waals surface area contributed by atoms with Gasteiger partial charge in [-0.2, -0.15) is 0 Å². The van der Waals surface area contributed by atoms with Gasteiger partial charge in [0.2, 0.25) is 0 Å². The van der Waals surface area contributed by atoms with Gasteiger partial charge in [0.05, 0.1) is 13.2 Å². The van der Waals surface area contributed by atoms with E-state index in [4.69, 9.17) is 14.2 Å². The van der Waals surface area contributed by atoms with Crippen LogP contribution in [0.4, 0.5) is 10.1 Å². The maximum Gasteiger partial charge on any atom is 0.329 e. The average molecular weight is 474 g/mol. The van der Waals surface area contributed by atoms with E-state index in [2.05, 4.69) is 19.2 Å². The highest BCUT2D eigenvalue weighted by Crippen LogP contribution is 2.38. The Labute approximate surface area is 201 Å². The van der Waals surface area contributed by atoms with Crippen LogP contribution in [0.25, 0.3) is 11.1 Å². The highest BCUT2D eigenvalue weighted by molar-refractivity contribution is 5.83. The van der Waals surface area contributed by atoms with Crippen molar-refractivity contribution in [2.75, 3.05) is 31.7 Å². The van der Waals surface area contributed by atoms with Crippen LogP contribution >= 0.6 is 0 Å². The van der Waals surface area contributed by atoms with Crippen molar-refractivity contribution in [2.24, 2.45) is 5.92 Å². The summed E-state index contributed by atoms with van der Waals surface area (Å²) in [5, 5.41) is 13.1. The van der Waals surface area contributed by atoms with Gasteiger partial charge in [-0.3, -0.25) is 0 Å². The molecule has 0 atom stereocenters. The molecule has 0 spiro atoms. The summed E-state index contributed by atoms with van der Waals surface area (Å²) in [7, 11) is 0. The zero-order valence-corrected chi connectivity index (χ0v) is 20.8. The number of nitrogens with one attached hydrogen (secondary N) is 1. The maximum atomic E-state index is 15.6. The van der Waals surface area contributed by atoms with Crippen molar-refractivity contribution < 1.29 is 28.5 Å². The highest BCUT2D eigenvalue weighted by Gasteiger charge is 2.40. The lowest BCUT2D eigenvalue weighted by Gasteiger charge is -2.35. The van der Waals surface area contributed by atoms with E-state index >= 15 is 4.39 Å². The lowest BCUT2D eigenvalue weighted by molar-refractivity contribution is -0.145. The van der Waals surface area contributed by atoms with E-state index in [0.717, 1.165) is 16.7 Å². The lowest BCUT2D eigenvalue weighted by Crippen LogP contribution is -2.50. The molecule has 6 nitrogen and oxygen atoms in total. The Kier molecular flexibility index (Phi) is 8.55. The van der Waals surface area contributed by atoms with Crippen LogP contribution in [0.15, 0.2) is 24.3 Å². The van der Waals surface area contributed by atoms with Crippen LogP contribution in [0.1, 0.15) is 50.3 Å². The molecule has 1 saturated heterocycles. The topological polar surface area (TPSA) is 77.0 Å². The molecule has 1 aliphatic heterocycles. The maximum absolute atomic E-state index is 15.6. The van der Waals surface area contributed by atoms with Crippen LogP contribution < -0.4 is 10.1 Å². The minimum atomic E-state index is -1.09. The number of aryl methyl sites for hydroxylation is 1. The van der Waals surface area contributed by atoms with Gasteiger partial charge < -0.3 is 24.6 Å². The third kappa shape index (κ3) is 5.70. The number of rotatable bonds is 10. The van der Waals surface area contributed by atoms with Crippen molar-refractivity contribution in [3.05, 3.63) is 46.8 Å². The molecule has 3 rings (SSSR count). The van der Waals surface area contributed by atoms with E-state index in [-0.39, 0.29) is 12.4 Å². The van der Waals surface area contributed by atoms with Gasteiger partial charge in [-0.15, -0.1) is 0 Å². The molecule has 0 unspecified atom stereocenters. The summed E-state index contributed by atoms with van der Waals surface area (Å²) in [6.07, 6.45) is 0.736. The van der Waals surface area contributed by atoms with E-state index in [1.807, 2.05) is 39.0 Å². The Bertz CT molecular complexity index is 1010. The second-order valence-corrected chi connectivity index (χ2v) is 9.35. The molecule has 0 amide bonds. The molecule has 0 saturated carbocycles. The summed E-state index contributed by atoms with van der Waals surface area (Å²) in [5.74, 6) is -0.688. The van der Waals surface area contributed by atoms with Crippen molar-refractivity contribution >= 4 is 11.7 Å². The number of hydrogen-bond donors (Lipinski definition) is 2. The standard InChI is InChI=1S/C27H36FNO5/c1-6-34-25-19(5)18(4)13-23(24(25)28)22-8-7-21(14-20(22)16-33-15-17(2)3)29-27(26(30)31)9-11-32-12-10-27/h7-8,13-14,17,29H,6,9-12,15-16H2,1-5H3,(H,30,31). The van der Waals surface area contributed by atoms with E-state index in [9.17, 15) is 9.90 Å². The Morgan fingerprint density at radius 2 is 1.91 bits per heavy atom. The van der Waals surface area contributed by atoms with Gasteiger partial charge in [-0.05, 0) is 67.1 Å². The van der Waals surface area contributed by atoms with Gasteiger partial charge in [0, 0.05) is 43.9 Å². The lowest BCUT2D eigenvalue weighted by atomic mass is 9.89. The van der Waals surface area contributed by atoms with Gasteiger partial charge in [-0.1, -0.05) is 19.9 Å². The van der Waals surface area contributed by atoms with Gasteiger partial charge in [0.15, 0.2) is 11.6 Å². The van der Waals surface area contributed by atoms with Crippen LogP contribution in [-0.2, 0) is 20.9 Å². The van der Waals surface area contributed by atoms with Gasteiger partial charge in [0.25, 0.3) is 0 Å². The average Bonchev–Trinajstić information content (AvgIpc) is 2.80. The quantitative estimate of drug-likeness (QED) is 0.459. The SMILES string of the molecule is CCOc1c(C)c(C)cc(-c2ccc(NC3(C(=O)O)CCOCC3)cc2COCC(C)C)c1F. The molecule has 7 heteroatoms. The minimum absolute atomic E-state index is 0.265.